The smallest absolute Gasteiger partial charge is 0.339 e. The molecule has 0 bridgehead atoms. The molecule has 5 rings (SSSR count). The molecule has 1 N–H and O–H groups in total. The third kappa shape index (κ3) is 6.92. The third-order valence-electron chi connectivity index (χ3n) is 8.74. The summed E-state index contributed by atoms with van der Waals surface area (Å²) in [5.74, 6) is 0.162. The molecule has 1 heterocycles. The minimum absolute atomic E-state index is 0.172. The summed E-state index contributed by atoms with van der Waals surface area (Å²) in [6.45, 7) is 4.46. The van der Waals surface area contributed by atoms with Gasteiger partial charge in [0.05, 0.1) is 10.8 Å². The maximum atomic E-state index is 13.3. The molecule has 2 aliphatic carbocycles. The van der Waals surface area contributed by atoms with Crippen molar-refractivity contribution in [3.63, 3.8) is 0 Å². The quantitative estimate of drug-likeness (QED) is 0.122. The number of nitrogens with one attached hydrogen (secondary N) is 1. The van der Waals surface area contributed by atoms with Crippen molar-refractivity contribution in [2.24, 2.45) is 11.8 Å². The highest BCUT2D eigenvalue weighted by atomic mass is 32.2. The molecule has 1 aromatic heterocycles. The van der Waals surface area contributed by atoms with E-state index in [9.17, 15) is 18.0 Å². The maximum absolute atomic E-state index is 13.3. The topological polar surface area (TPSA) is 103 Å². The Kier molecular flexibility index (Phi) is 9.29. The molecule has 0 atom stereocenters. The number of sulfonamides is 1. The Morgan fingerprint density at radius 1 is 1.00 bits per heavy atom. The molecule has 8 heteroatoms. The number of carbonyl (C=O) groups excluding carboxylic acids is 1. The summed E-state index contributed by atoms with van der Waals surface area (Å²) in [5.41, 5.74) is 4.07. The monoisotopic (exact) mass is 579 g/mol. The highest BCUT2D eigenvalue weighted by Gasteiger charge is 2.30. The van der Waals surface area contributed by atoms with Gasteiger partial charge in [0, 0.05) is 23.6 Å². The summed E-state index contributed by atoms with van der Waals surface area (Å²) in [4.78, 5) is 26.1. The fourth-order valence-corrected chi connectivity index (χ4v) is 7.33. The SMILES string of the molecule is CCCCCCc1cc2c3c(c(=O)oc2cc1OC(=O)C1CCC(CNS(=O)(=O)c2ccc(C)cc2)CC1)CCC3. The van der Waals surface area contributed by atoms with Crippen LogP contribution in [0.1, 0.15) is 87.0 Å². The molecular weight excluding hydrogens is 538 g/mol. The van der Waals surface area contributed by atoms with Gasteiger partial charge in [-0.05, 0) is 100.0 Å². The van der Waals surface area contributed by atoms with Crippen molar-refractivity contribution in [1.29, 1.82) is 0 Å². The van der Waals surface area contributed by atoms with Gasteiger partial charge in [-0.3, -0.25) is 4.79 Å². The molecule has 7 nitrogen and oxygen atoms in total. The van der Waals surface area contributed by atoms with E-state index in [-0.39, 0.29) is 28.3 Å². The van der Waals surface area contributed by atoms with Crippen LogP contribution in [-0.2, 0) is 34.1 Å². The van der Waals surface area contributed by atoms with E-state index in [0.29, 0.717) is 30.7 Å². The van der Waals surface area contributed by atoms with Gasteiger partial charge in [0.1, 0.15) is 11.3 Å². The fraction of sp³-hybridized carbons (Fsp3) is 0.515. The van der Waals surface area contributed by atoms with E-state index in [1.165, 1.54) is 0 Å². The lowest BCUT2D eigenvalue weighted by Crippen LogP contribution is -2.33. The molecule has 41 heavy (non-hydrogen) atoms. The Labute approximate surface area is 242 Å². The number of esters is 1. The maximum Gasteiger partial charge on any atom is 0.339 e. The first-order chi connectivity index (χ1) is 19.7. The van der Waals surface area contributed by atoms with Gasteiger partial charge in [-0.15, -0.1) is 0 Å². The van der Waals surface area contributed by atoms with E-state index in [0.717, 1.165) is 91.8 Å². The van der Waals surface area contributed by atoms with Crippen LogP contribution in [0.3, 0.4) is 0 Å². The van der Waals surface area contributed by atoms with Gasteiger partial charge in [-0.25, -0.2) is 17.9 Å². The minimum atomic E-state index is -3.56. The zero-order chi connectivity index (χ0) is 29.0. The number of fused-ring (bicyclic) bond motifs is 3. The van der Waals surface area contributed by atoms with Gasteiger partial charge in [0.15, 0.2) is 0 Å². The molecule has 2 aromatic carbocycles. The summed E-state index contributed by atoms with van der Waals surface area (Å²) >= 11 is 0. The van der Waals surface area contributed by atoms with Crippen LogP contribution in [0.4, 0.5) is 0 Å². The average Bonchev–Trinajstić information content (AvgIpc) is 3.46. The van der Waals surface area contributed by atoms with Crippen molar-refractivity contribution in [3.05, 3.63) is 69.1 Å². The number of benzene rings is 2. The summed E-state index contributed by atoms with van der Waals surface area (Å²) in [7, 11) is -3.56. The number of carbonyl (C=O) groups is 1. The van der Waals surface area contributed by atoms with Crippen molar-refractivity contribution in [2.45, 2.75) is 95.8 Å². The molecule has 1 saturated carbocycles. The number of rotatable bonds is 11. The highest BCUT2D eigenvalue weighted by Crippen LogP contribution is 2.35. The predicted molar refractivity (Wildman–Crippen MR) is 160 cm³/mol. The molecule has 1 fully saturated rings. The number of ether oxygens (including phenoxy) is 1. The third-order valence-corrected chi connectivity index (χ3v) is 10.2. The summed E-state index contributed by atoms with van der Waals surface area (Å²) in [6, 6.07) is 10.6. The zero-order valence-corrected chi connectivity index (χ0v) is 25.0. The van der Waals surface area contributed by atoms with E-state index in [2.05, 4.69) is 17.7 Å². The summed E-state index contributed by atoms with van der Waals surface area (Å²) < 4.78 is 39.8. The van der Waals surface area contributed by atoms with Crippen molar-refractivity contribution in [3.8, 4) is 5.75 Å². The number of aryl methyl sites for hydroxylation is 3. The first-order valence-electron chi connectivity index (χ1n) is 15.1. The van der Waals surface area contributed by atoms with E-state index < -0.39 is 10.0 Å². The summed E-state index contributed by atoms with van der Waals surface area (Å²) in [5, 5.41) is 0.969. The molecule has 3 aromatic rings. The van der Waals surface area contributed by atoms with Crippen LogP contribution in [0.2, 0.25) is 0 Å². The van der Waals surface area contributed by atoms with Crippen molar-refractivity contribution >= 4 is 27.0 Å². The lowest BCUT2D eigenvalue weighted by molar-refractivity contribution is -0.140. The lowest BCUT2D eigenvalue weighted by atomic mass is 9.82. The van der Waals surface area contributed by atoms with E-state index in [1.807, 2.05) is 6.92 Å². The number of hydrogen-bond acceptors (Lipinski definition) is 6. The Bertz CT molecular complexity index is 1550. The Morgan fingerprint density at radius 2 is 1.73 bits per heavy atom. The second-order valence-corrected chi connectivity index (χ2v) is 13.5. The fourth-order valence-electron chi connectivity index (χ4n) is 6.21. The molecule has 0 aliphatic heterocycles. The molecule has 0 saturated heterocycles. The first kappa shape index (κ1) is 29.5. The first-order valence-corrected chi connectivity index (χ1v) is 16.6. The largest absolute Gasteiger partial charge is 0.426 e. The van der Waals surface area contributed by atoms with Crippen molar-refractivity contribution in [1.82, 2.24) is 4.72 Å². The van der Waals surface area contributed by atoms with Crippen LogP contribution in [0, 0.1) is 18.8 Å². The van der Waals surface area contributed by atoms with Crippen LogP contribution < -0.4 is 15.1 Å². The Morgan fingerprint density at radius 3 is 2.46 bits per heavy atom. The predicted octanol–water partition coefficient (Wildman–Crippen LogP) is 6.40. The van der Waals surface area contributed by atoms with Crippen molar-refractivity contribution < 1.29 is 22.4 Å². The molecule has 0 spiro atoms. The second kappa shape index (κ2) is 12.9. The molecule has 220 valence electrons. The van der Waals surface area contributed by atoms with E-state index in [1.54, 1.807) is 30.3 Å². The highest BCUT2D eigenvalue weighted by molar-refractivity contribution is 7.89. The van der Waals surface area contributed by atoms with E-state index >= 15 is 0 Å². The Balaban J connectivity index is 1.24. The van der Waals surface area contributed by atoms with Gasteiger partial charge in [0.25, 0.3) is 0 Å². The number of unbranched alkanes of at least 4 members (excludes halogenated alkanes) is 3. The van der Waals surface area contributed by atoms with Crippen molar-refractivity contribution in [2.75, 3.05) is 6.54 Å². The normalized spacial score (nSPS) is 18.9. The van der Waals surface area contributed by atoms with Gasteiger partial charge in [-0.2, -0.15) is 0 Å². The number of hydrogen-bond donors (Lipinski definition) is 1. The molecule has 0 amide bonds. The van der Waals surface area contributed by atoms with Gasteiger partial charge in [-0.1, -0.05) is 43.9 Å². The molecule has 2 aliphatic rings. The van der Waals surface area contributed by atoms with Gasteiger partial charge < -0.3 is 9.15 Å². The van der Waals surface area contributed by atoms with Crippen LogP contribution in [0.5, 0.6) is 5.75 Å². The van der Waals surface area contributed by atoms with Crippen LogP contribution in [0.15, 0.2) is 50.5 Å². The van der Waals surface area contributed by atoms with Gasteiger partial charge in [0.2, 0.25) is 10.0 Å². The molecule has 0 radical (unpaired) electrons. The minimum Gasteiger partial charge on any atom is -0.426 e. The second-order valence-electron chi connectivity index (χ2n) is 11.8. The van der Waals surface area contributed by atoms with Crippen LogP contribution in [0.25, 0.3) is 11.0 Å². The zero-order valence-electron chi connectivity index (χ0n) is 24.2. The average molecular weight is 580 g/mol. The van der Waals surface area contributed by atoms with Gasteiger partial charge >= 0.3 is 11.6 Å². The Hall–Kier alpha value is -2.97. The van der Waals surface area contributed by atoms with Crippen LogP contribution in [-0.4, -0.2) is 20.9 Å². The standard InChI is InChI=1S/C33H41NO6S/c1-3-4-5-6-8-25-19-29-27-9-7-10-28(27)33(36)40-31(29)20-30(25)39-32(35)24-15-13-23(14-16-24)21-34-41(37,38)26-17-11-22(2)12-18-26/h11-12,17-20,23-24,34H,3-10,13-16,21H2,1-2H3. The van der Waals surface area contributed by atoms with E-state index in [4.69, 9.17) is 9.15 Å². The van der Waals surface area contributed by atoms with Crippen LogP contribution >= 0.6 is 0 Å². The summed E-state index contributed by atoms with van der Waals surface area (Å²) in [6.07, 6.45) is 10.6. The molecular formula is C33H41NO6S. The lowest BCUT2D eigenvalue weighted by Gasteiger charge is -2.27. The molecule has 0 unspecified atom stereocenters.